The third-order valence-corrected chi connectivity index (χ3v) is 3.38. The lowest BCUT2D eigenvalue weighted by Crippen LogP contribution is -2.31. The number of fused-ring (bicyclic) bond motifs is 1. The summed E-state index contributed by atoms with van der Waals surface area (Å²) in [4.78, 5) is 6.80. The Balaban J connectivity index is 2.40. The van der Waals surface area contributed by atoms with E-state index in [1.165, 1.54) is 5.69 Å². The molecule has 0 radical (unpaired) electrons. The van der Waals surface area contributed by atoms with Gasteiger partial charge in [0.05, 0.1) is 5.52 Å². The summed E-state index contributed by atoms with van der Waals surface area (Å²) in [7, 11) is 1.98. The highest BCUT2D eigenvalue weighted by molar-refractivity contribution is 6.31. The highest BCUT2D eigenvalue weighted by atomic mass is 35.5. The van der Waals surface area contributed by atoms with Crippen molar-refractivity contribution in [2.24, 2.45) is 0 Å². The maximum atomic E-state index is 6.03. The molecular formula is C15H20ClN3. The number of nitrogens with one attached hydrogen (secondary N) is 1. The van der Waals surface area contributed by atoms with E-state index in [4.69, 9.17) is 11.6 Å². The summed E-state index contributed by atoms with van der Waals surface area (Å²) in [6.07, 6.45) is 2.98. The molecule has 1 heterocycles. The summed E-state index contributed by atoms with van der Waals surface area (Å²) in [5.74, 6) is 0. The number of benzene rings is 1. The minimum atomic E-state index is 0.731. The van der Waals surface area contributed by atoms with Gasteiger partial charge in [-0.3, -0.25) is 4.98 Å². The molecule has 0 saturated carbocycles. The number of likely N-dealkylation sites (N-methyl/N-ethyl adjacent to an activating group) is 1. The van der Waals surface area contributed by atoms with Crippen molar-refractivity contribution in [2.45, 2.75) is 13.3 Å². The molecule has 0 aliphatic carbocycles. The van der Waals surface area contributed by atoms with Crippen LogP contribution >= 0.6 is 11.6 Å². The minimum absolute atomic E-state index is 0.731. The Labute approximate surface area is 119 Å². The van der Waals surface area contributed by atoms with Gasteiger partial charge in [-0.15, -0.1) is 0 Å². The van der Waals surface area contributed by atoms with E-state index < -0.39 is 0 Å². The van der Waals surface area contributed by atoms with Gasteiger partial charge in [0.25, 0.3) is 0 Å². The fourth-order valence-electron chi connectivity index (χ4n) is 2.25. The van der Waals surface area contributed by atoms with E-state index in [-0.39, 0.29) is 0 Å². The first-order chi connectivity index (χ1) is 9.26. The summed E-state index contributed by atoms with van der Waals surface area (Å²) in [6, 6.07) is 7.99. The van der Waals surface area contributed by atoms with Gasteiger partial charge in [0.2, 0.25) is 0 Å². The fourth-order valence-corrected chi connectivity index (χ4v) is 2.42. The Kier molecular flexibility index (Phi) is 5.00. The number of nitrogens with zero attached hydrogens (tertiary/aromatic N) is 2. The molecule has 0 spiro atoms. The summed E-state index contributed by atoms with van der Waals surface area (Å²) in [5.41, 5.74) is 2.19. The quantitative estimate of drug-likeness (QED) is 0.878. The number of hydrogen-bond donors (Lipinski definition) is 1. The molecule has 19 heavy (non-hydrogen) atoms. The average Bonchev–Trinajstić information content (AvgIpc) is 2.42. The normalized spacial score (nSPS) is 10.9. The zero-order chi connectivity index (χ0) is 13.7. The Bertz CT molecular complexity index is 542. The molecule has 2 rings (SSSR count). The van der Waals surface area contributed by atoms with Crippen molar-refractivity contribution in [3.63, 3.8) is 0 Å². The molecule has 3 nitrogen and oxygen atoms in total. The van der Waals surface area contributed by atoms with Crippen LogP contribution in [0.2, 0.25) is 5.02 Å². The lowest BCUT2D eigenvalue weighted by molar-refractivity contribution is 0.711. The summed E-state index contributed by atoms with van der Waals surface area (Å²) >= 11 is 6.03. The molecule has 0 bridgehead atoms. The van der Waals surface area contributed by atoms with Crippen molar-refractivity contribution < 1.29 is 0 Å². The lowest BCUT2D eigenvalue weighted by Gasteiger charge is -2.25. The summed E-state index contributed by atoms with van der Waals surface area (Å²) in [5, 5.41) is 5.10. The van der Waals surface area contributed by atoms with Crippen LogP contribution < -0.4 is 10.2 Å². The third-order valence-electron chi connectivity index (χ3n) is 3.15. The van der Waals surface area contributed by atoms with Crippen LogP contribution in [0.25, 0.3) is 10.9 Å². The Morgan fingerprint density at radius 3 is 2.84 bits per heavy atom. The molecule has 4 heteroatoms. The molecular weight excluding hydrogens is 258 g/mol. The zero-order valence-corrected chi connectivity index (χ0v) is 12.2. The van der Waals surface area contributed by atoms with Gasteiger partial charge in [-0.05, 0) is 37.7 Å². The average molecular weight is 278 g/mol. The Morgan fingerprint density at radius 1 is 1.26 bits per heavy atom. The van der Waals surface area contributed by atoms with E-state index in [1.807, 2.05) is 25.4 Å². The number of anilines is 1. The van der Waals surface area contributed by atoms with Gasteiger partial charge in [0, 0.05) is 41.9 Å². The van der Waals surface area contributed by atoms with Crippen molar-refractivity contribution in [3.05, 3.63) is 35.5 Å². The van der Waals surface area contributed by atoms with Crippen molar-refractivity contribution in [2.75, 3.05) is 31.6 Å². The first kappa shape index (κ1) is 14.1. The minimum Gasteiger partial charge on any atom is -0.370 e. The van der Waals surface area contributed by atoms with Gasteiger partial charge < -0.3 is 10.2 Å². The van der Waals surface area contributed by atoms with Crippen molar-refractivity contribution in [1.29, 1.82) is 0 Å². The maximum absolute atomic E-state index is 6.03. The fraction of sp³-hybridized carbons (Fsp3) is 0.400. The number of hydrogen-bond acceptors (Lipinski definition) is 3. The summed E-state index contributed by atoms with van der Waals surface area (Å²) in [6.45, 7) is 5.21. The second kappa shape index (κ2) is 6.73. The van der Waals surface area contributed by atoms with Crippen LogP contribution in [-0.4, -0.2) is 31.7 Å². The highest BCUT2D eigenvalue weighted by Gasteiger charge is 2.09. The van der Waals surface area contributed by atoms with Crippen molar-refractivity contribution >= 4 is 28.2 Å². The predicted octanol–water partition coefficient (Wildman–Crippen LogP) is 3.32. The zero-order valence-electron chi connectivity index (χ0n) is 11.5. The Morgan fingerprint density at radius 2 is 2.11 bits per heavy atom. The lowest BCUT2D eigenvalue weighted by atomic mass is 10.1. The standard InChI is InChI=1S/C15H20ClN3/c1-3-9-19(10-8-17-2)15-6-7-18-14-11-12(16)4-5-13(14)15/h4-7,11,17H,3,8-10H2,1-2H3. The predicted molar refractivity (Wildman–Crippen MR) is 83.2 cm³/mol. The van der Waals surface area contributed by atoms with Crippen LogP contribution in [0.1, 0.15) is 13.3 Å². The number of aromatic nitrogens is 1. The monoisotopic (exact) mass is 277 g/mol. The van der Waals surface area contributed by atoms with Gasteiger partial charge in [0.1, 0.15) is 0 Å². The molecule has 1 aromatic carbocycles. The molecule has 0 aliphatic rings. The first-order valence-corrected chi connectivity index (χ1v) is 7.08. The van der Waals surface area contributed by atoms with E-state index in [1.54, 1.807) is 0 Å². The molecule has 2 aromatic rings. The number of pyridine rings is 1. The molecule has 0 saturated heterocycles. The molecule has 102 valence electrons. The van der Waals surface area contributed by atoms with E-state index in [0.717, 1.165) is 42.0 Å². The van der Waals surface area contributed by atoms with Crippen LogP contribution in [-0.2, 0) is 0 Å². The molecule has 1 N–H and O–H groups in total. The van der Waals surface area contributed by atoms with Crippen LogP contribution in [0.5, 0.6) is 0 Å². The first-order valence-electron chi connectivity index (χ1n) is 6.70. The largest absolute Gasteiger partial charge is 0.370 e. The topological polar surface area (TPSA) is 28.2 Å². The molecule has 0 aliphatic heterocycles. The molecule has 1 aromatic heterocycles. The van der Waals surface area contributed by atoms with Gasteiger partial charge >= 0.3 is 0 Å². The molecule has 0 atom stereocenters. The SMILES string of the molecule is CCCN(CCNC)c1ccnc2cc(Cl)ccc12. The van der Waals surface area contributed by atoms with Crippen LogP contribution in [0.4, 0.5) is 5.69 Å². The van der Waals surface area contributed by atoms with Gasteiger partial charge in [-0.25, -0.2) is 0 Å². The second-order valence-electron chi connectivity index (χ2n) is 4.58. The smallest absolute Gasteiger partial charge is 0.0737 e. The molecule has 0 unspecified atom stereocenters. The molecule has 0 amide bonds. The summed E-state index contributed by atoms with van der Waals surface area (Å²) < 4.78 is 0. The molecule has 0 fully saturated rings. The second-order valence-corrected chi connectivity index (χ2v) is 5.02. The van der Waals surface area contributed by atoms with Crippen molar-refractivity contribution in [3.8, 4) is 0 Å². The van der Waals surface area contributed by atoms with Crippen molar-refractivity contribution in [1.82, 2.24) is 10.3 Å². The van der Waals surface area contributed by atoms with Crippen LogP contribution in [0.15, 0.2) is 30.5 Å². The van der Waals surface area contributed by atoms with E-state index >= 15 is 0 Å². The highest BCUT2D eigenvalue weighted by Crippen LogP contribution is 2.27. The van der Waals surface area contributed by atoms with E-state index in [0.29, 0.717) is 0 Å². The van der Waals surface area contributed by atoms with Gasteiger partial charge in [-0.2, -0.15) is 0 Å². The van der Waals surface area contributed by atoms with Gasteiger partial charge in [-0.1, -0.05) is 18.5 Å². The van der Waals surface area contributed by atoms with Gasteiger partial charge in [0.15, 0.2) is 0 Å². The third kappa shape index (κ3) is 3.37. The van der Waals surface area contributed by atoms with Crippen LogP contribution in [0.3, 0.4) is 0 Å². The number of halogens is 1. The Hall–Kier alpha value is -1.32. The number of rotatable bonds is 6. The maximum Gasteiger partial charge on any atom is 0.0737 e. The van der Waals surface area contributed by atoms with E-state index in [2.05, 4.69) is 34.3 Å². The van der Waals surface area contributed by atoms with Crippen LogP contribution in [0, 0.1) is 0 Å². The van der Waals surface area contributed by atoms with E-state index in [9.17, 15) is 0 Å².